The number of halogens is 1. The molecule has 2 bridgehead atoms. The van der Waals surface area contributed by atoms with Gasteiger partial charge in [-0.15, -0.1) is 0 Å². The van der Waals surface area contributed by atoms with Crippen LogP contribution < -0.4 is 21.9 Å². The van der Waals surface area contributed by atoms with Gasteiger partial charge < -0.3 is 36.0 Å². The number of quaternary nitrogens is 1. The highest BCUT2D eigenvalue weighted by Crippen LogP contribution is 2.39. The average molecular weight is 534 g/mol. The average Bonchev–Trinajstić information content (AvgIpc) is 3.42. The molecule has 7 rings (SSSR count). The minimum atomic E-state index is -1.50. The number of ether oxygens (including phenoxy) is 2. The lowest BCUT2D eigenvalue weighted by atomic mass is 9.83. The summed E-state index contributed by atoms with van der Waals surface area (Å²) in [5, 5.41) is 16.3. The van der Waals surface area contributed by atoms with E-state index in [0.717, 1.165) is 48.5 Å². The lowest BCUT2D eigenvalue weighted by Crippen LogP contribution is -3.00. The van der Waals surface area contributed by atoms with Crippen molar-refractivity contribution >= 4 is 0 Å². The van der Waals surface area contributed by atoms with Crippen LogP contribution in [-0.2, 0) is 12.1 Å². The minimum Gasteiger partial charge on any atom is -1.00 e. The highest BCUT2D eigenvalue weighted by molar-refractivity contribution is 5.42. The number of hydrogen-bond donors (Lipinski definition) is 1. The number of fused-ring (bicyclic) bond motifs is 3. The van der Waals surface area contributed by atoms with Crippen molar-refractivity contribution in [3.63, 3.8) is 0 Å². The van der Waals surface area contributed by atoms with Crippen LogP contribution in [0, 0.1) is 5.92 Å². The quantitative estimate of drug-likeness (QED) is 0.346. The van der Waals surface area contributed by atoms with E-state index in [1.807, 2.05) is 84.9 Å². The molecule has 0 aliphatic carbocycles. The molecule has 198 valence electrons. The predicted octanol–water partition coefficient (Wildman–Crippen LogP) is 1.55. The fourth-order valence-electron chi connectivity index (χ4n) is 5.96. The smallest absolute Gasteiger partial charge is 0.282 e. The number of hydrogen-bond acceptors (Lipinski definition) is 6. The Bertz CT molecular complexity index is 1300. The van der Waals surface area contributed by atoms with Crippen LogP contribution >= 0.6 is 0 Å². The Morgan fingerprint density at radius 3 is 2.18 bits per heavy atom. The standard InChI is InChI=1S/C30H32N3O4.ClH/c1-35-25-13-8-14-26(19-25)36-27-20-33(17-15-22(27)16-18-33)21-28-31-29(32-37-28)30(34,23-9-4-2-5-10-23)24-11-6-3-7-12-24;/h2-14,19,22,27,34H,15-18,20-21H2,1H3;1H/q+1;/p-1/t22?,27-,33?;/m0./s1. The molecule has 0 saturated carbocycles. The van der Waals surface area contributed by atoms with Gasteiger partial charge in [-0.05, 0) is 23.3 Å². The normalized spacial score (nSPS) is 22.5. The van der Waals surface area contributed by atoms with E-state index < -0.39 is 5.60 Å². The fraction of sp³-hybridized carbons (Fsp3) is 0.333. The molecule has 1 atom stereocenters. The van der Waals surface area contributed by atoms with Crippen molar-refractivity contribution in [2.24, 2.45) is 5.92 Å². The number of nitrogens with zero attached hydrogens (tertiary/aromatic N) is 3. The van der Waals surface area contributed by atoms with Crippen molar-refractivity contribution in [3.05, 3.63) is 108 Å². The van der Waals surface area contributed by atoms with Gasteiger partial charge in [0.1, 0.15) is 18.0 Å². The Kier molecular flexibility index (Phi) is 7.43. The molecule has 3 aliphatic rings. The van der Waals surface area contributed by atoms with Crippen LogP contribution in [0.1, 0.15) is 35.7 Å². The molecule has 8 heteroatoms. The van der Waals surface area contributed by atoms with Gasteiger partial charge in [-0.25, -0.2) is 0 Å². The lowest BCUT2D eigenvalue weighted by molar-refractivity contribution is -0.959. The number of benzene rings is 3. The molecule has 3 fully saturated rings. The number of aliphatic hydroxyl groups is 1. The van der Waals surface area contributed by atoms with E-state index in [-0.39, 0.29) is 24.3 Å². The molecule has 38 heavy (non-hydrogen) atoms. The van der Waals surface area contributed by atoms with Gasteiger partial charge in [-0.3, -0.25) is 0 Å². The van der Waals surface area contributed by atoms with Crippen molar-refractivity contribution in [1.29, 1.82) is 0 Å². The molecule has 7 nitrogen and oxygen atoms in total. The second-order valence-corrected chi connectivity index (χ2v) is 10.3. The molecule has 3 aliphatic heterocycles. The first-order valence-electron chi connectivity index (χ1n) is 12.9. The van der Waals surface area contributed by atoms with E-state index in [9.17, 15) is 5.11 Å². The number of rotatable bonds is 8. The van der Waals surface area contributed by atoms with Crippen LogP contribution in [0.5, 0.6) is 11.5 Å². The molecule has 0 unspecified atom stereocenters. The molecule has 3 saturated heterocycles. The second kappa shape index (κ2) is 10.8. The van der Waals surface area contributed by atoms with E-state index in [0.29, 0.717) is 29.5 Å². The van der Waals surface area contributed by atoms with Crippen LogP contribution in [0.3, 0.4) is 0 Å². The summed E-state index contributed by atoms with van der Waals surface area (Å²) in [7, 11) is 1.67. The van der Waals surface area contributed by atoms with Crippen LogP contribution in [0.2, 0.25) is 0 Å². The van der Waals surface area contributed by atoms with E-state index >= 15 is 0 Å². The fourth-order valence-corrected chi connectivity index (χ4v) is 5.96. The summed E-state index contributed by atoms with van der Waals surface area (Å²) in [5.74, 6) is 2.98. The van der Waals surface area contributed by atoms with Gasteiger partial charge in [0.2, 0.25) is 5.82 Å². The third-order valence-electron chi connectivity index (χ3n) is 8.02. The van der Waals surface area contributed by atoms with Crippen LogP contribution in [0.25, 0.3) is 0 Å². The summed E-state index contributed by atoms with van der Waals surface area (Å²) in [6.45, 7) is 3.63. The van der Waals surface area contributed by atoms with Crippen LogP contribution in [0.4, 0.5) is 0 Å². The molecule has 3 aromatic carbocycles. The van der Waals surface area contributed by atoms with E-state index in [4.69, 9.17) is 19.0 Å². The third-order valence-corrected chi connectivity index (χ3v) is 8.02. The summed E-state index contributed by atoms with van der Waals surface area (Å²) in [4.78, 5) is 4.77. The summed E-state index contributed by atoms with van der Waals surface area (Å²) in [5.41, 5.74) is -0.103. The van der Waals surface area contributed by atoms with Crippen LogP contribution in [-0.4, -0.2) is 52.6 Å². The van der Waals surface area contributed by atoms with Gasteiger partial charge in [-0.2, -0.15) is 4.98 Å². The maximum absolute atomic E-state index is 12.0. The van der Waals surface area contributed by atoms with E-state index in [1.165, 1.54) is 0 Å². The zero-order valence-electron chi connectivity index (χ0n) is 21.4. The van der Waals surface area contributed by atoms with Crippen molar-refractivity contribution in [3.8, 4) is 11.5 Å². The Morgan fingerprint density at radius 1 is 0.921 bits per heavy atom. The second-order valence-electron chi connectivity index (χ2n) is 10.3. The lowest BCUT2D eigenvalue weighted by Gasteiger charge is -2.51. The van der Waals surface area contributed by atoms with Gasteiger partial charge in [-0.1, -0.05) is 71.9 Å². The number of piperidine rings is 3. The molecule has 0 spiro atoms. The van der Waals surface area contributed by atoms with Gasteiger partial charge in [0.25, 0.3) is 5.89 Å². The highest BCUT2D eigenvalue weighted by atomic mass is 35.5. The van der Waals surface area contributed by atoms with Crippen molar-refractivity contribution in [1.82, 2.24) is 10.1 Å². The molecule has 4 heterocycles. The minimum absolute atomic E-state index is 0. The number of methoxy groups -OCH3 is 1. The highest BCUT2D eigenvalue weighted by Gasteiger charge is 2.48. The summed E-state index contributed by atoms with van der Waals surface area (Å²) in [6.07, 6.45) is 2.34. The predicted molar refractivity (Wildman–Crippen MR) is 138 cm³/mol. The summed E-state index contributed by atoms with van der Waals surface area (Å²) >= 11 is 0. The first-order chi connectivity index (χ1) is 18.1. The zero-order valence-corrected chi connectivity index (χ0v) is 22.1. The largest absolute Gasteiger partial charge is 1.00 e. The molecule has 4 aromatic rings. The van der Waals surface area contributed by atoms with Crippen LogP contribution in [0.15, 0.2) is 89.5 Å². The Balaban J connectivity index is 0.00000294. The monoisotopic (exact) mass is 533 g/mol. The molecule has 1 aromatic heterocycles. The summed E-state index contributed by atoms with van der Waals surface area (Å²) < 4.78 is 18.5. The van der Waals surface area contributed by atoms with Crippen molar-refractivity contribution < 1.29 is 36.0 Å². The maximum atomic E-state index is 12.0. The third kappa shape index (κ3) is 4.89. The van der Waals surface area contributed by atoms with Crippen molar-refractivity contribution in [2.75, 3.05) is 26.7 Å². The summed E-state index contributed by atoms with van der Waals surface area (Å²) in [6, 6.07) is 26.9. The molecule has 0 amide bonds. The molecular weight excluding hydrogens is 502 g/mol. The first-order valence-corrected chi connectivity index (χ1v) is 12.9. The molecule has 0 radical (unpaired) electrons. The van der Waals surface area contributed by atoms with E-state index in [1.54, 1.807) is 7.11 Å². The maximum Gasteiger partial charge on any atom is 0.282 e. The van der Waals surface area contributed by atoms with Gasteiger partial charge in [0, 0.05) is 24.8 Å². The van der Waals surface area contributed by atoms with Gasteiger partial charge >= 0.3 is 0 Å². The Morgan fingerprint density at radius 2 is 1.55 bits per heavy atom. The van der Waals surface area contributed by atoms with Gasteiger partial charge in [0.15, 0.2) is 18.2 Å². The molecule has 1 N–H and O–H groups in total. The number of aromatic nitrogens is 2. The van der Waals surface area contributed by atoms with E-state index in [2.05, 4.69) is 5.16 Å². The first kappa shape index (κ1) is 26.2. The SMILES string of the molecule is COc1cccc(O[C@H]2C[N+]3(Cc4nc(C(O)(c5ccccc5)c5ccccc5)no4)CCC2CC3)c1.[Cl-]. The Hall–Kier alpha value is -3.39. The zero-order chi connectivity index (χ0) is 25.3. The van der Waals surface area contributed by atoms with Crippen molar-refractivity contribution in [2.45, 2.75) is 31.1 Å². The molecular formula is C30H32ClN3O4. The topological polar surface area (TPSA) is 77.6 Å². The van der Waals surface area contributed by atoms with Gasteiger partial charge in [0.05, 0.1) is 20.2 Å². The Labute approximate surface area is 229 Å².